The van der Waals surface area contributed by atoms with Crippen molar-refractivity contribution in [2.45, 2.75) is 30.6 Å². The predicted octanol–water partition coefficient (Wildman–Crippen LogP) is 15.0. The maximum atomic E-state index is 2.52. The predicted molar refractivity (Wildman–Crippen MR) is 246 cm³/mol. The summed E-state index contributed by atoms with van der Waals surface area (Å²) in [6, 6.07) is 70.5. The molecule has 1 spiro atoms. The highest BCUT2D eigenvalue weighted by Crippen LogP contribution is 2.65. The van der Waals surface area contributed by atoms with E-state index in [0.29, 0.717) is 5.92 Å². The third-order valence-corrected chi connectivity index (χ3v) is 14.0. The molecule has 8 aromatic carbocycles. The third-order valence-electron chi connectivity index (χ3n) is 14.0. The van der Waals surface area contributed by atoms with Gasteiger partial charge >= 0.3 is 0 Å². The number of hydrogen-bond acceptors (Lipinski definition) is 1. The number of para-hydroxylation sites is 1. The Labute approximate surface area is 347 Å². The van der Waals surface area contributed by atoms with Crippen LogP contribution in [0.5, 0.6) is 0 Å². The van der Waals surface area contributed by atoms with E-state index in [9.17, 15) is 0 Å². The Balaban J connectivity index is 1.04. The van der Waals surface area contributed by atoms with Gasteiger partial charge in [-0.2, -0.15) is 0 Å². The second kappa shape index (κ2) is 12.8. The van der Waals surface area contributed by atoms with Gasteiger partial charge in [-0.3, -0.25) is 0 Å². The summed E-state index contributed by atoms with van der Waals surface area (Å²) in [5.41, 5.74) is 21.8. The van der Waals surface area contributed by atoms with Crippen molar-refractivity contribution in [2.75, 3.05) is 4.90 Å². The van der Waals surface area contributed by atoms with Crippen LogP contribution in [0, 0.1) is 5.92 Å². The van der Waals surface area contributed by atoms with Crippen LogP contribution in [-0.2, 0) is 10.8 Å². The van der Waals surface area contributed by atoms with Gasteiger partial charge in [0.05, 0.1) is 11.1 Å². The smallest absolute Gasteiger partial charge is 0.0540 e. The van der Waals surface area contributed by atoms with Gasteiger partial charge in [-0.25, -0.2) is 0 Å². The van der Waals surface area contributed by atoms with Gasteiger partial charge in [0.15, 0.2) is 0 Å². The Kier molecular flexibility index (Phi) is 7.38. The van der Waals surface area contributed by atoms with Gasteiger partial charge in [-0.05, 0) is 109 Å². The molecule has 280 valence electrons. The van der Waals surface area contributed by atoms with Gasteiger partial charge in [0.25, 0.3) is 0 Å². The number of fused-ring (bicyclic) bond motifs is 13. The minimum atomic E-state index is -0.306. The summed E-state index contributed by atoms with van der Waals surface area (Å²) >= 11 is 0. The van der Waals surface area contributed by atoms with Crippen LogP contribution in [0.4, 0.5) is 17.1 Å². The lowest BCUT2D eigenvalue weighted by atomic mass is 9.65. The molecule has 0 radical (unpaired) electrons. The summed E-state index contributed by atoms with van der Waals surface area (Å²) in [5, 5.41) is 0. The van der Waals surface area contributed by atoms with Gasteiger partial charge in [0, 0.05) is 34.2 Å². The topological polar surface area (TPSA) is 3.24 Å². The minimum absolute atomic E-state index is 0.0477. The zero-order chi connectivity index (χ0) is 39.3. The van der Waals surface area contributed by atoms with Crippen LogP contribution in [0.25, 0.3) is 44.5 Å². The number of hydrogen-bond donors (Lipinski definition) is 0. The van der Waals surface area contributed by atoms with Crippen molar-refractivity contribution in [3.05, 3.63) is 246 Å². The average Bonchev–Trinajstić information content (AvgIpc) is 3.85. The quantitative estimate of drug-likeness (QED) is 0.169. The third kappa shape index (κ3) is 4.79. The molecule has 4 aliphatic carbocycles. The van der Waals surface area contributed by atoms with E-state index in [1.165, 1.54) is 77.9 Å². The standard InChI is InChI=1S/C58H43N/c1-57(2)50-23-11-6-19-44(50)48-34-30-40(36-54(48)57)38-28-31-41(32-29-38)59(56-27-15-10-18-43(56)39-16-4-3-5-17-39)42-33-35-49-47-22-9-14-26-53(47)58(55(49)37-42)51-24-12-7-20-45(51)46-21-8-13-25-52(46)58/h3-37,45,51H,1-2H3. The van der Waals surface area contributed by atoms with E-state index in [0.717, 1.165) is 17.1 Å². The van der Waals surface area contributed by atoms with Gasteiger partial charge in [0.1, 0.15) is 0 Å². The molecule has 0 heterocycles. The number of rotatable bonds is 5. The summed E-state index contributed by atoms with van der Waals surface area (Å²) in [7, 11) is 0. The lowest BCUT2D eigenvalue weighted by Crippen LogP contribution is -2.33. The van der Waals surface area contributed by atoms with Crippen LogP contribution in [0.3, 0.4) is 0 Å². The summed E-state index contributed by atoms with van der Waals surface area (Å²) in [6.45, 7) is 4.72. The van der Waals surface area contributed by atoms with Crippen LogP contribution >= 0.6 is 0 Å². The molecule has 4 aliphatic rings. The minimum Gasteiger partial charge on any atom is -0.310 e. The normalized spacial score (nSPS) is 19.4. The summed E-state index contributed by atoms with van der Waals surface area (Å²) < 4.78 is 0. The van der Waals surface area contributed by atoms with Crippen molar-refractivity contribution in [3.63, 3.8) is 0 Å². The van der Waals surface area contributed by atoms with Crippen LogP contribution in [-0.4, -0.2) is 0 Å². The SMILES string of the molecule is CC1(C)c2ccccc2-c2ccc(-c3ccc(N(c4ccc5c(c4)C4(c6ccccc6-5)c5ccccc5C5C=CC=CC54)c4ccccc4-c4ccccc4)cc3)cc21. The van der Waals surface area contributed by atoms with Crippen molar-refractivity contribution in [1.29, 1.82) is 0 Å². The molecule has 0 fully saturated rings. The highest BCUT2D eigenvalue weighted by atomic mass is 15.1. The number of anilines is 3. The molecule has 0 N–H and O–H groups in total. The lowest BCUT2D eigenvalue weighted by molar-refractivity contribution is 0.465. The maximum absolute atomic E-state index is 2.52. The first-order chi connectivity index (χ1) is 29.0. The zero-order valence-electron chi connectivity index (χ0n) is 33.3. The maximum Gasteiger partial charge on any atom is 0.0540 e. The molecule has 0 saturated carbocycles. The van der Waals surface area contributed by atoms with E-state index in [2.05, 4.69) is 231 Å². The van der Waals surface area contributed by atoms with Gasteiger partial charge in [-0.1, -0.05) is 190 Å². The average molecular weight is 754 g/mol. The molecule has 0 aliphatic heterocycles. The summed E-state index contributed by atoms with van der Waals surface area (Å²) in [4.78, 5) is 2.49. The van der Waals surface area contributed by atoms with Crippen LogP contribution in [0.15, 0.2) is 212 Å². The Hall–Kier alpha value is -6.96. The van der Waals surface area contributed by atoms with Crippen molar-refractivity contribution in [3.8, 4) is 44.5 Å². The highest BCUT2D eigenvalue weighted by molar-refractivity contribution is 5.93. The second-order valence-corrected chi connectivity index (χ2v) is 17.2. The van der Waals surface area contributed by atoms with Gasteiger partial charge < -0.3 is 4.90 Å². The molecule has 0 aromatic heterocycles. The van der Waals surface area contributed by atoms with E-state index in [1.807, 2.05) is 0 Å². The number of allylic oxidation sites excluding steroid dienone is 4. The fraction of sp³-hybridized carbons (Fsp3) is 0.103. The van der Waals surface area contributed by atoms with Crippen LogP contribution in [0.1, 0.15) is 53.1 Å². The summed E-state index contributed by atoms with van der Waals surface area (Å²) in [6.07, 6.45) is 9.41. The number of benzene rings is 8. The largest absolute Gasteiger partial charge is 0.310 e. The fourth-order valence-corrected chi connectivity index (χ4v) is 11.4. The number of nitrogens with zero attached hydrogens (tertiary/aromatic N) is 1. The van der Waals surface area contributed by atoms with Crippen molar-refractivity contribution in [2.24, 2.45) is 5.92 Å². The molecule has 1 nitrogen and oxygen atoms in total. The molecule has 0 bridgehead atoms. The van der Waals surface area contributed by atoms with E-state index in [4.69, 9.17) is 0 Å². The molecule has 0 saturated heterocycles. The molecule has 59 heavy (non-hydrogen) atoms. The fourth-order valence-electron chi connectivity index (χ4n) is 11.4. The first-order valence-electron chi connectivity index (χ1n) is 21.0. The highest BCUT2D eigenvalue weighted by Gasteiger charge is 2.57. The molecule has 3 unspecified atom stereocenters. The van der Waals surface area contributed by atoms with E-state index >= 15 is 0 Å². The Bertz CT molecular complexity index is 3040. The van der Waals surface area contributed by atoms with Crippen molar-refractivity contribution >= 4 is 17.1 Å². The molecular formula is C58H43N. The molecule has 0 amide bonds. The Morgan fingerprint density at radius 2 is 0.966 bits per heavy atom. The van der Waals surface area contributed by atoms with Crippen molar-refractivity contribution < 1.29 is 0 Å². The van der Waals surface area contributed by atoms with E-state index < -0.39 is 0 Å². The zero-order valence-corrected chi connectivity index (χ0v) is 33.3. The lowest BCUT2D eigenvalue weighted by Gasteiger charge is -2.37. The van der Waals surface area contributed by atoms with Crippen LogP contribution in [0.2, 0.25) is 0 Å². The molecule has 8 aromatic rings. The van der Waals surface area contributed by atoms with Crippen molar-refractivity contribution in [1.82, 2.24) is 0 Å². The van der Waals surface area contributed by atoms with Crippen LogP contribution < -0.4 is 4.90 Å². The first kappa shape index (κ1) is 34.1. The molecular weight excluding hydrogens is 711 g/mol. The van der Waals surface area contributed by atoms with Gasteiger partial charge in [0.2, 0.25) is 0 Å². The van der Waals surface area contributed by atoms with Gasteiger partial charge in [-0.15, -0.1) is 0 Å². The molecule has 3 atom stereocenters. The molecule has 12 rings (SSSR count). The van der Waals surface area contributed by atoms with E-state index in [-0.39, 0.29) is 16.7 Å². The first-order valence-corrected chi connectivity index (χ1v) is 21.0. The molecule has 1 heteroatoms. The summed E-state index contributed by atoms with van der Waals surface area (Å²) in [5.74, 6) is 0.595. The monoisotopic (exact) mass is 753 g/mol. The van der Waals surface area contributed by atoms with E-state index in [1.54, 1.807) is 0 Å². The second-order valence-electron chi connectivity index (χ2n) is 17.2. The Morgan fingerprint density at radius 3 is 1.78 bits per heavy atom. The Morgan fingerprint density at radius 1 is 0.390 bits per heavy atom.